The van der Waals surface area contributed by atoms with E-state index in [1.165, 1.54) is 11.1 Å². The van der Waals surface area contributed by atoms with Crippen molar-refractivity contribution < 1.29 is 0 Å². The molecule has 0 saturated heterocycles. The Morgan fingerprint density at radius 2 is 0.864 bits per heavy atom. The fraction of sp³-hybridized carbons (Fsp3) is 0.100. The van der Waals surface area contributed by atoms with E-state index in [4.69, 9.17) is 0 Å². The van der Waals surface area contributed by atoms with Gasteiger partial charge in [0.2, 0.25) is 0 Å². The number of nitrogens with zero attached hydrogens (tertiary/aromatic N) is 2. The smallest absolute Gasteiger partial charge is 0.0568 e. The maximum atomic E-state index is 4.08. The standard InChI is InChI=1S/C20H20N2/c1-3-5-17-7-11-19(12-8-17)15-21-22-16-20-13-9-18(6-4-2)10-14-20/h3-16H,1-2H3. The van der Waals surface area contributed by atoms with Crippen LogP contribution >= 0.6 is 0 Å². The van der Waals surface area contributed by atoms with Gasteiger partial charge in [0.05, 0.1) is 12.4 Å². The Bertz CT molecular complexity index is 624. The number of rotatable bonds is 5. The van der Waals surface area contributed by atoms with E-state index in [-0.39, 0.29) is 0 Å². The molecule has 2 heteroatoms. The summed E-state index contributed by atoms with van der Waals surface area (Å²) in [5.41, 5.74) is 4.44. The number of hydrogen-bond donors (Lipinski definition) is 0. The monoisotopic (exact) mass is 288 g/mol. The highest BCUT2D eigenvalue weighted by molar-refractivity contribution is 5.83. The molecule has 0 fully saturated rings. The molecule has 0 atom stereocenters. The van der Waals surface area contributed by atoms with Crippen molar-refractivity contribution in [2.75, 3.05) is 0 Å². The van der Waals surface area contributed by atoms with Crippen LogP contribution in [0.5, 0.6) is 0 Å². The summed E-state index contributed by atoms with van der Waals surface area (Å²) in [5.74, 6) is 0. The first-order valence-corrected chi connectivity index (χ1v) is 7.34. The van der Waals surface area contributed by atoms with Crippen LogP contribution in [-0.2, 0) is 0 Å². The third-order valence-electron chi connectivity index (χ3n) is 3.07. The molecule has 0 spiro atoms. The summed E-state index contributed by atoms with van der Waals surface area (Å²) in [6.45, 7) is 4.02. The minimum Gasteiger partial charge on any atom is -0.159 e. The summed E-state index contributed by atoms with van der Waals surface area (Å²) in [5, 5.41) is 8.17. The summed E-state index contributed by atoms with van der Waals surface area (Å²) < 4.78 is 0. The van der Waals surface area contributed by atoms with Crippen LogP contribution in [0.1, 0.15) is 36.1 Å². The second-order valence-corrected chi connectivity index (χ2v) is 4.82. The fourth-order valence-electron chi connectivity index (χ4n) is 1.97. The van der Waals surface area contributed by atoms with E-state index in [2.05, 4.69) is 46.6 Å². The Morgan fingerprint density at radius 1 is 0.545 bits per heavy atom. The zero-order valence-corrected chi connectivity index (χ0v) is 13.0. The SMILES string of the molecule is CC=Cc1ccc(C=NN=Cc2ccc(C=CC)cc2)cc1. The minimum absolute atomic E-state index is 1.04. The van der Waals surface area contributed by atoms with Crippen LogP contribution in [0, 0.1) is 0 Å². The van der Waals surface area contributed by atoms with Gasteiger partial charge in [-0.1, -0.05) is 72.8 Å². The van der Waals surface area contributed by atoms with Gasteiger partial charge in [0, 0.05) is 0 Å². The molecule has 0 heterocycles. The van der Waals surface area contributed by atoms with Crippen LogP contribution in [-0.4, -0.2) is 12.4 Å². The van der Waals surface area contributed by atoms with Crippen LogP contribution in [0.4, 0.5) is 0 Å². The first kappa shape index (κ1) is 15.6. The van der Waals surface area contributed by atoms with Crippen molar-refractivity contribution in [2.45, 2.75) is 13.8 Å². The van der Waals surface area contributed by atoms with E-state index in [9.17, 15) is 0 Å². The predicted molar refractivity (Wildman–Crippen MR) is 97.5 cm³/mol. The van der Waals surface area contributed by atoms with Gasteiger partial charge < -0.3 is 0 Å². The second-order valence-electron chi connectivity index (χ2n) is 4.82. The van der Waals surface area contributed by atoms with E-state index in [1.54, 1.807) is 12.4 Å². The van der Waals surface area contributed by atoms with Crippen LogP contribution < -0.4 is 0 Å². The van der Waals surface area contributed by atoms with E-state index >= 15 is 0 Å². The number of allylic oxidation sites excluding steroid dienone is 2. The van der Waals surface area contributed by atoms with Crippen LogP contribution in [0.3, 0.4) is 0 Å². The first-order valence-electron chi connectivity index (χ1n) is 7.34. The predicted octanol–water partition coefficient (Wildman–Crippen LogP) is 5.21. The maximum absolute atomic E-state index is 4.08. The van der Waals surface area contributed by atoms with Gasteiger partial charge in [-0.05, 0) is 36.1 Å². The second kappa shape index (κ2) is 8.53. The Kier molecular flexibility index (Phi) is 6.06. The first-order chi connectivity index (χ1) is 10.8. The third-order valence-corrected chi connectivity index (χ3v) is 3.07. The summed E-state index contributed by atoms with van der Waals surface area (Å²) in [6, 6.07) is 16.4. The molecule has 0 saturated carbocycles. The van der Waals surface area contributed by atoms with Crippen molar-refractivity contribution in [1.82, 2.24) is 0 Å². The van der Waals surface area contributed by atoms with Crippen molar-refractivity contribution in [1.29, 1.82) is 0 Å². The highest BCUT2D eigenvalue weighted by atomic mass is 15.2. The Balaban J connectivity index is 1.96. The lowest BCUT2D eigenvalue weighted by Crippen LogP contribution is -1.82. The molecule has 2 nitrogen and oxygen atoms in total. The molecule has 2 aromatic carbocycles. The van der Waals surface area contributed by atoms with Gasteiger partial charge in [0.15, 0.2) is 0 Å². The summed E-state index contributed by atoms with van der Waals surface area (Å²) in [4.78, 5) is 0. The van der Waals surface area contributed by atoms with Crippen molar-refractivity contribution in [3.8, 4) is 0 Å². The van der Waals surface area contributed by atoms with E-state index < -0.39 is 0 Å². The van der Waals surface area contributed by atoms with Gasteiger partial charge in [-0.3, -0.25) is 0 Å². The molecule has 2 aromatic rings. The van der Waals surface area contributed by atoms with Gasteiger partial charge in [-0.25, -0.2) is 0 Å². The average Bonchev–Trinajstić information content (AvgIpc) is 2.55. The quantitative estimate of drug-likeness (QED) is 0.533. The van der Waals surface area contributed by atoms with Crippen molar-refractivity contribution in [3.63, 3.8) is 0 Å². The molecule has 0 aromatic heterocycles. The van der Waals surface area contributed by atoms with Crippen molar-refractivity contribution in [3.05, 3.63) is 82.9 Å². The lowest BCUT2D eigenvalue weighted by molar-refractivity contribution is 1.26. The molecule has 110 valence electrons. The lowest BCUT2D eigenvalue weighted by atomic mass is 10.1. The molecule has 0 aliphatic rings. The Hall–Kier alpha value is -2.74. The lowest BCUT2D eigenvalue weighted by Gasteiger charge is -1.95. The van der Waals surface area contributed by atoms with Crippen LogP contribution in [0.15, 0.2) is 70.9 Å². The average molecular weight is 288 g/mol. The minimum atomic E-state index is 1.04. The van der Waals surface area contributed by atoms with E-state index in [1.807, 2.05) is 50.3 Å². The molecule has 0 aliphatic carbocycles. The topological polar surface area (TPSA) is 24.7 Å². The van der Waals surface area contributed by atoms with Gasteiger partial charge in [0.25, 0.3) is 0 Å². The Morgan fingerprint density at radius 3 is 1.18 bits per heavy atom. The van der Waals surface area contributed by atoms with Gasteiger partial charge in [0.1, 0.15) is 0 Å². The number of hydrogen-bond acceptors (Lipinski definition) is 2. The van der Waals surface area contributed by atoms with Crippen molar-refractivity contribution in [2.24, 2.45) is 10.2 Å². The molecular formula is C20H20N2. The summed E-state index contributed by atoms with van der Waals surface area (Å²) in [7, 11) is 0. The number of benzene rings is 2. The highest BCUT2D eigenvalue weighted by Gasteiger charge is 1.89. The van der Waals surface area contributed by atoms with Crippen molar-refractivity contribution >= 4 is 24.6 Å². The van der Waals surface area contributed by atoms with Crippen LogP contribution in [0.2, 0.25) is 0 Å². The molecule has 0 bridgehead atoms. The summed E-state index contributed by atoms with van der Waals surface area (Å²) in [6.07, 6.45) is 11.7. The zero-order chi connectivity index (χ0) is 15.6. The van der Waals surface area contributed by atoms with Gasteiger partial charge in [-0.15, -0.1) is 0 Å². The fourth-order valence-corrected chi connectivity index (χ4v) is 1.97. The third kappa shape index (κ3) is 4.98. The van der Waals surface area contributed by atoms with E-state index in [0.717, 1.165) is 11.1 Å². The zero-order valence-electron chi connectivity index (χ0n) is 13.0. The molecular weight excluding hydrogens is 268 g/mol. The van der Waals surface area contributed by atoms with Gasteiger partial charge in [-0.2, -0.15) is 10.2 Å². The maximum Gasteiger partial charge on any atom is 0.0568 e. The molecule has 2 rings (SSSR count). The Labute approximate surface area is 132 Å². The molecule has 0 radical (unpaired) electrons. The van der Waals surface area contributed by atoms with Crippen LogP contribution in [0.25, 0.3) is 12.2 Å². The molecule has 0 aliphatic heterocycles. The summed E-state index contributed by atoms with van der Waals surface area (Å²) >= 11 is 0. The highest BCUT2D eigenvalue weighted by Crippen LogP contribution is 2.06. The molecule has 0 amide bonds. The normalized spacial score (nSPS) is 12.3. The largest absolute Gasteiger partial charge is 0.159 e. The molecule has 22 heavy (non-hydrogen) atoms. The molecule has 0 N–H and O–H groups in total. The van der Waals surface area contributed by atoms with Gasteiger partial charge >= 0.3 is 0 Å². The van der Waals surface area contributed by atoms with E-state index in [0.29, 0.717) is 0 Å². The molecule has 0 unspecified atom stereocenters.